The normalized spacial score (nSPS) is 11.0. The fourth-order valence-corrected chi connectivity index (χ4v) is 3.40. The van der Waals surface area contributed by atoms with Gasteiger partial charge >= 0.3 is 0 Å². The van der Waals surface area contributed by atoms with Crippen LogP contribution in [0.25, 0.3) is 10.2 Å². The number of thiazole rings is 1. The summed E-state index contributed by atoms with van der Waals surface area (Å²) in [7, 11) is 0. The first-order valence-electron chi connectivity index (χ1n) is 7.52. The third-order valence-corrected chi connectivity index (χ3v) is 4.68. The molecule has 0 unspecified atom stereocenters. The number of imidazole rings is 1. The maximum atomic E-state index is 4.60. The van der Waals surface area contributed by atoms with Crippen LogP contribution in [0.2, 0.25) is 0 Å². The van der Waals surface area contributed by atoms with Crippen molar-refractivity contribution in [1.29, 1.82) is 0 Å². The summed E-state index contributed by atoms with van der Waals surface area (Å²) in [5, 5.41) is 4.32. The van der Waals surface area contributed by atoms with E-state index < -0.39 is 0 Å². The van der Waals surface area contributed by atoms with Gasteiger partial charge in [-0.25, -0.2) is 9.97 Å². The Morgan fingerprint density at radius 3 is 2.70 bits per heavy atom. The van der Waals surface area contributed by atoms with Gasteiger partial charge in [-0.2, -0.15) is 0 Å². The first-order valence-corrected chi connectivity index (χ1v) is 8.33. The molecule has 23 heavy (non-hydrogen) atoms. The lowest BCUT2D eigenvalue weighted by Gasteiger charge is -2.08. The highest BCUT2D eigenvalue weighted by Crippen LogP contribution is 2.25. The Bertz CT molecular complexity index is 878. The summed E-state index contributed by atoms with van der Waals surface area (Å²) >= 11 is 1.67. The van der Waals surface area contributed by atoms with Crippen LogP contribution in [-0.2, 0) is 13.1 Å². The van der Waals surface area contributed by atoms with E-state index in [9.17, 15) is 0 Å². The lowest BCUT2D eigenvalue weighted by atomic mass is 10.2. The van der Waals surface area contributed by atoms with E-state index in [4.69, 9.17) is 0 Å². The van der Waals surface area contributed by atoms with Crippen molar-refractivity contribution < 1.29 is 0 Å². The Hall–Kier alpha value is -2.66. The fraction of sp³-hybridized carbons (Fsp3) is 0.111. The van der Waals surface area contributed by atoms with Crippen LogP contribution in [0.4, 0.5) is 5.13 Å². The SMILES string of the molecule is c1ccc(Cn2ccnc2CNc2nc3ccccc3s2)cc1. The van der Waals surface area contributed by atoms with Crippen molar-refractivity contribution in [1.82, 2.24) is 14.5 Å². The maximum absolute atomic E-state index is 4.60. The van der Waals surface area contributed by atoms with Crippen LogP contribution in [-0.4, -0.2) is 14.5 Å². The predicted octanol–water partition coefficient (Wildman–Crippen LogP) is 4.15. The van der Waals surface area contributed by atoms with Gasteiger partial charge in [0.15, 0.2) is 5.13 Å². The molecule has 0 fully saturated rings. The minimum Gasteiger partial charge on any atom is -0.354 e. The van der Waals surface area contributed by atoms with E-state index in [-0.39, 0.29) is 0 Å². The van der Waals surface area contributed by atoms with Gasteiger partial charge in [0.2, 0.25) is 0 Å². The lowest BCUT2D eigenvalue weighted by Crippen LogP contribution is -2.09. The second-order valence-electron chi connectivity index (χ2n) is 5.30. The molecule has 0 bridgehead atoms. The summed E-state index contributed by atoms with van der Waals surface area (Å²) in [6.07, 6.45) is 3.86. The smallest absolute Gasteiger partial charge is 0.184 e. The molecule has 2 aromatic heterocycles. The Morgan fingerprint density at radius 1 is 1.00 bits per heavy atom. The van der Waals surface area contributed by atoms with Gasteiger partial charge in [-0.3, -0.25) is 0 Å². The zero-order valence-corrected chi connectivity index (χ0v) is 13.3. The van der Waals surface area contributed by atoms with E-state index in [1.54, 1.807) is 11.3 Å². The summed E-state index contributed by atoms with van der Waals surface area (Å²) in [4.78, 5) is 9.05. The third kappa shape index (κ3) is 3.10. The van der Waals surface area contributed by atoms with Crippen molar-refractivity contribution >= 4 is 26.7 Å². The second-order valence-corrected chi connectivity index (χ2v) is 6.33. The first-order chi connectivity index (χ1) is 11.4. The molecule has 2 aromatic carbocycles. The molecule has 0 aliphatic rings. The molecule has 0 saturated heterocycles. The Kier molecular flexibility index (Phi) is 3.78. The molecular formula is C18H16N4S. The first kappa shape index (κ1) is 14.0. The van der Waals surface area contributed by atoms with Crippen LogP contribution in [0.15, 0.2) is 67.0 Å². The van der Waals surface area contributed by atoms with Crippen molar-refractivity contribution in [2.75, 3.05) is 5.32 Å². The van der Waals surface area contributed by atoms with Crippen molar-refractivity contribution in [3.8, 4) is 0 Å². The molecule has 0 radical (unpaired) electrons. The van der Waals surface area contributed by atoms with E-state index in [0.717, 1.165) is 23.0 Å². The lowest BCUT2D eigenvalue weighted by molar-refractivity contribution is 0.735. The highest BCUT2D eigenvalue weighted by Gasteiger charge is 2.06. The van der Waals surface area contributed by atoms with Crippen LogP contribution in [0, 0.1) is 0 Å². The fourth-order valence-electron chi connectivity index (χ4n) is 2.53. The van der Waals surface area contributed by atoms with E-state index in [1.165, 1.54) is 10.3 Å². The van der Waals surface area contributed by atoms with E-state index in [1.807, 2.05) is 36.7 Å². The van der Waals surface area contributed by atoms with Gasteiger partial charge in [0.25, 0.3) is 0 Å². The maximum Gasteiger partial charge on any atom is 0.184 e. The standard InChI is InChI=1S/C18H16N4S/c1-2-6-14(7-3-1)13-22-11-10-19-17(22)12-20-18-21-15-8-4-5-9-16(15)23-18/h1-11H,12-13H2,(H,20,21). The molecule has 0 aliphatic carbocycles. The van der Waals surface area contributed by atoms with Crippen LogP contribution < -0.4 is 5.32 Å². The van der Waals surface area contributed by atoms with Crippen LogP contribution in [0.3, 0.4) is 0 Å². The zero-order valence-electron chi connectivity index (χ0n) is 12.5. The van der Waals surface area contributed by atoms with Crippen LogP contribution >= 0.6 is 11.3 Å². The number of fused-ring (bicyclic) bond motifs is 1. The molecule has 0 saturated carbocycles. The number of hydrogen-bond acceptors (Lipinski definition) is 4. The summed E-state index contributed by atoms with van der Waals surface area (Å²) in [5.41, 5.74) is 2.30. The van der Waals surface area contributed by atoms with Gasteiger partial charge in [0.1, 0.15) is 5.82 Å². The molecule has 0 amide bonds. The molecule has 4 aromatic rings. The molecule has 0 atom stereocenters. The van der Waals surface area contributed by atoms with E-state index >= 15 is 0 Å². The molecule has 4 nitrogen and oxygen atoms in total. The van der Waals surface area contributed by atoms with Crippen LogP contribution in [0.5, 0.6) is 0 Å². The summed E-state index contributed by atoms with van der Waals surface area (Å²) in [6.45, 7) is 1.50. The highest BCUT2D eigenvalue weighted by atomic mass is 32.1. The number of hydrogen-bond donors (Lipinski definition) is 1. The number of benzene rings is 2. The monoisotopic (exact) mass is 320 g/mol. The Morgan fingerprint density at radius 2 is 1.83 bits per heavy atom. The number of nitrogens with zero attached hydrogens (tertiary/aromatic N) is 3. The Balaban J connectivity index is 1.48. The third-order valence-electron chi connectivity index (χ3n) is 3.69. The molecule has 2 heterocycles. The molecule has 4 rings (SSSR count). The molecule has 114 valence electrons. The molecular weight excluding hydrogens is 304 g/mol. The molecule has 5 heteroatoms. The average Bonchev–Trinajstić information content (AvgIpc) is 3.20. The second kappa shape index (κ2) is 6.22. The summed E-state index contributed by atoms with van der Waals surface area (Å²) in [5.74, 6) is 1.01. The largest absolute Gasteiger partial charge is 0.354 e. The Labute approximate surface area is 138 Å². The summed E-state index contributed by atoms with van der Waals surface area (Å²) in [6, 6.07) is 18.6. The minimum atomic E-state index is 0.666. The van der Waals surface area contributed by atoms with Crippen molar-refractivity contribution in [3.05, 3.63) is 78.4 Å². The highest BCUT2D eigenvalue weighted by molar-refractivity contribution is 7.22. The number of aromatic nitrogens is 3. The van der Waals surface area contributed by atoms with Gasteiger partial charge in [-0.1, -0.05) is 53.8 Å². The van der Waals surface area contributed by atoms with E-state index in [0.29, 0.717) is 6.54 Å². The van der Waals surface area contributed by atoms with Crippen molar-refractivity contribution in [2.45, 2.75) is 13.1 Å². The van der Waals surface area contributed by atoms with Gasteiger partial charge in [0, 0.05) is 18.9 Å². The van der Waals surface area contributed by atoms with Gasteiger partial charge in [-0.15, -0.1) is 0 Å². The predicted molar refractivity (Wildman–Crippen MR) is 94.7 cm³/mol. The number of para-hydroxylation sites is 1. The number of anilines is 1. The molecule has 0 aliphatic heterocycles. The van der Waals surface area contributed by atoms with Gasteiger partial charge in [-0.05, 0) is 17.7 Å². The van der Waals surface area contributed by atoms with Gasteiger partial charge < -0.3 is 9.88 Å². The minimum absolute atomic E-state index is 0.666. The van der Waals surface area contributed by atoms with Crippen LogP contribution in [0.1, 0.15) is 11.4 Å². The van der Waals surface area contributed by atoms with Crippen molar-refractivity contribution in [2.24, 2.45) is 0 Å². The summed E-state index contributed by atoms with van der Waals surface area (Å²) < 4.78 is 3.36. The average molecular weight is 320 g/mol. The topological polar surface area (TPSA) is 42.7 Å². The quantitative estimate of drug-likeness (QED) is 0.600. The van der Waals surface area contributed by atoms with E-state index in [2.05, 4.69) is 50.2 Å². The number of rotatable bonds is 5. The molecule has 0 spiro atoms. The number of nitrogens with one attached hydrogen (secondary N) is 1. The van der Waals surface area contributed by atoms with Crippen molar-refractivity contribution in [3.63, 3.8) is 0 Å². The molecule has 1 N–H and O–H groups in total. The van der Waals surface area contributed by atoms with Gasteiger partial charge in [0.05, 0.1) is 16.8 Å². The zero-order chi connectivity index (χ0) is 15.5.